The van der Waals surface area contributed by atoms with Crippen molar-refractivity contribution in [3.05, 3.63) is 16.1 Å². The lowest BCUT2D eigenvalue weighted by atomic mass is 10.1. The van der Waals surface area contributed by atoms with Crippen molar-refractivity contribution < 1.29 is 4.74 Å². The van der Waals surface area contributed by atoms with Gasteiger partial charge in [-0.3, -0.25) is 0 Å². The monoisotopic (exact) mass is 225 g/mol. The van der Waals surface area contributed by atoms with Gasteiger partial charge in [-0.25, -0.2) is 4.98 Å². The number of thiazole rings is 1. The van der Waals surface area contributed by atoms with Crippen molar-refractivity contribution in [3.8, 4) is 0 Å². The Morgan fingerprint density at radius 3 is 2.73 bits per heavy atom. The maximum absolute atomic E-state index is 5.79. The van der Waals surface area contributed by atoms with Crippen molar-refractivity contribution in [2.45, 2.75) is 45.6 Å². The van der Waals surface area contributed by atoms with E-state index in [1.54, 1.807) is 11.3 Å². The van der Waals surface area contributed by atoms with Crippen LogP contribution in [-0.2, 0) is 4.74 Å². The molecule has 0 bridgehead atoms. The third-order valence-electron chi connectivity index (χ3n) is 2.77. The minimum Gasteiger partial charge on any atom is -0.371 e. The summed E-state index contributed by atoms with van der Waals surface area (Å²) in [5, 5.41) is 3.36. The molecule has 84 valence electrons. The predicted octanol–water partition coefficient (Wildman–Crippen LogP) is 3.75. The number of ether oxygens (including phenoxy) is 1. The second-order valence-electron chi connectivity index (χ2n) is 4.48. The van der Waals surface area contributed by atoms with Crippen LogP contribution >= 0.6 is 11.3 Å². The van der Waals surface area contributed by atoms with Gasteiger partial charge in [0.1, 0.15) is 11.1 Å². The average Bonchev–Trinajstić information content (AvgIpc) is 2.91. The van der Waals surface area contributed by atoms with Crippen molar-refractivity contribution in [3.63, 3.8) is 0 Å². The van der Waals surface area contributed by atoms with Gasteiger partial charge in [0.05, 0.1) is 5.69 Å². The second kappa shape index (κ2) is 4.62. The van der Waals surface area contributed by atoms with Gasteiger partial charge in [-0.1, -0.05) is 13.8 Å². The van der Waals surface area contributed by atoms with Crippen molar-refractivity contribution in [1.29, 1.82) is 0 Å². The van der Waals surface area contributed by atoms with Gasteiger partial charge < -0.3 is 4.74 Å². The normalized spacial score (nSPS) is 18.4. The first-order valence-corrected chi connectivity index (χ1v) is 6.67. The Morgan fingerprint density at radius 1 is 1.53 bits per heavy atom. The number of aromatic nitrogens is 1. The zero-order valence-corrected chi connectivity index (χ0v) is 10.5. The van der Waals surface area contributed by atoms with Gasteiger partial charge in [0.25, 0.3) is 0 Å². The molecule has 2 nitrogen and oxygen atoms in total. The van der Waals surface area contributed by atoms with Gasteiger partial charge in [0.2, 0.25) is 0 Å². The first-order valence-electron chi connectivity index (χ1n) is 5.79. The molecule has 3 heteroatoms. The quantitative estimate of drug-likeness (QED) is 0.761. The van der Waals surface area contributed by atoms with Gasteiger partial charge in [0.15, 0.2) is 0 Å². The van der Waals surface area contributed by atoms with Crippen LogP contribution in [0, 0.1) is 5.92 Å². The van der Waals surface area contributed by atoms with Gasteiger partial charge >= 0.3 is 0 Å². The Kier molecular flexibility index (Phi) is 3.42. The lowest BCUT2D eigenvalue weighted by Gasteiger charge is -2.13. The van der Waals surface area contributed by atoms with Crippen LogP contribution in [0.25, 0.3) is 0 Å². The van der Waals surface area contributed by atoms with Crippen LogP contribution < -0.4 is 0 Å². The van der Waals surface area contributed by atoms with Crippen LogP contribution in [0.4, 0.5) is 0 Å². The summed E-state index contributed by atoms with van der Waals surface area (Å²) in [4.78, 5) is 4.68. The minimum absolute atomic E-state index is 0.271. The molecule has 1 saturated carbocycles. The summed E-state index contributed by atoms with van der Waals surface area (Å²) < 4.78 is 5.79. The van der Waals surface area contributed by atoms with E-state index in [0.717, 1.165) is 12.5 Å². The summed E-state index contributed by atoms with van der Waals surface area (Å²) in [5.74, 6) is 1.26. The summed E-state index contributed by atoms with van der Waals surface area (Å²) in [6, 6.07) is 0. The molecule has 0 amide bonds. The number of nitrogens with zero attached hydrogens (tertiary/aromatic N) is 1. The summed E-state index contributed by atoms with van der Waals surface area (Å²) >= 11 is 1.76. The maximum Gasteiger partial charge on any atom is 0.122 e. The van der Waals surface area contributed by atoms with E-state index in [0.29, 0.717) is 5.92 Å². The highest BCUT2D eigenvalue weighted by atomic mass is 32.1. The van der Waals surface area contributed by atoms with Crippen LogP contribution in [-0.4, -0.2) is 11.6 Å². The van der Waals surface area contributed by atoms with Crippen molar-refractivity contribution in [2.24, 2.45) is 5.92 Å². The lowest BCUT2D eigenvalue weighted by Crippen LogP contribution is -2.06. The molecule has 1 fully saturated rings. The van der Waals surface area contributed by atoms with Gasteiger partial charge in [0, 0.05) is 12.0 Å². The predicted molar refractivity (Wildman–Crippen MR) is 63.3 cm³/mol. The molecule has 0 aromatic carbocycles. The summed E-state index contributed by atoms with van der Waals surface area (Å²) in [6.45, 7) is 7.22. The molecule has 0 N–H and O–H groups in total. The first-order chi connectivity index (χ1) is 7.22. The molecule has 2 rings (SSSR count). The van der Waals surface area contributed by atoms with Crippen molar-refractivity contribution >= 4 is 11.3 Å². The minimum atomic E-state index is 0.271. The number of rotatable bonds is 5. The van der Waals surface area contributed by atoms with Crippen LogP contribution in [0.15, 0.2) is 5.38 Å². The van der Waals surface area contributed by atoms with E-state index in [-0.39, 0.29) is 6.10 Å². The molecule has 0 spiro atoms. The topological polar surface area (TPSA) is 22.1 Å². The Bertz CT molecular complexity index is 317. The highest BCUT2D eigenvalue weighted by Gasteiger charge is 2.34. The van der Waals surface area contributed by atoms with E-state index in [1.807, 2.05) is 0 Å². The van der Waals surface area contributed by atoms with Crippen molar-refractivity contribution in [2.75, 3.05) is 6.61 Å². The van der Waals surface area contributed by atoms with E-state index >= 15 is 0 Å². The van der Waals surface area contributed by atoms with E-state index in [1.165, 1.54) is 23.5 Å². The van der Waals surface area contributed by atoms with Gasteiger partial charge in [-0.05, 0) is 31.6 Å². The first kappa shape index (κ1) is 11.1. The standard InChI is InChI=1S/C12H19NOS/c1-4-14-11(9-5-6-9)12-13-10(7-15-12)8(2)3/h7-9,11H,4-6H2,1-3H3. The lowest BCUT2D eigenvalue weighted by molar-refractivity contribution is 0.0461. The molecule has 1 aromatic rings. The third-order valence-corrected chi connectivity index (χ3v) is 3.70. The molecule has 1 unspecified atom stereocenters. The maximum atomic E-state index is 5.79. The molecule has 1 aromatic heterocycles. The molecular weight excluding hydrogens is 206 g/mol. The molecule has 1 aliphatic rings. The summed E-state index contributed by atoms with van der Waals surface area (Å²) in [7, 11) is 0. The molecule has 0 radical (unpaired) electrons. The number of hydrogen-bond acceptors (Lipinski definition) is 3. The Morgan fingerprint density at radius 2 is 2.27 bits per heavy atom. The molecule has 1 heterocycles. The summed E-state index contributed by atoms with van der Waals surface area (Å²) in [5.41, 5.74) is 1.21. The van der Waals surface area contributed by atoms with Gasteiger partial charge in [-0.2, -0.15) is 0 Å². The molecule has 0 aliphatic heterocycles. The zero-order valence-electron chi connectivity index (χ0n) is 9.69. The Labute approximate surface area is 95.7 Å². The molecular formula is C12H19NOS. The molecule has 15 heavy (non-hydrogen) atoms. The highest BCUT2D eigenvalue weighted by molar-refractivity contribution is 7.09. The Hall–Kier alpha value is -0.410. The SMILES string of the molecule is CCOC(c1nc(C(C)C)cs1)C1CC1. The summed E-state index contributed by atoms with van der Waals surface area (Å²) in [6.07, 6.45) is 2.88. The van der Waals surface area contributed by atoms with Crippen LogP contribution in [0.1, 0.15) is 56.3 Å². The fourth-order valence-electron chi connectivity index (χ4n) is 1.68. The van der Waals surface area contributed by atoms with E-state index < -0.39 is 0 Å². The second-order valence-corrected chi connectivity index (χ2v) is 5.37. The van der Waals surface area contributed by atoms with Crippen LogP contribution in [0.2, 0.25) is 0 Å². The molecule has 1 aliphatic carbocycles. The van der Waals surface area contributed by atoms with E-state index in [2.05, 4.69) is 31.1 Å². The van der Waals surface area contributed by atoms with Crippen LogP contribution in [0.5, 0.6) is 0 Å². The molecule has 0 saturated heterocycles. The fourth-order valence-corrected chi connectivity index (χ4v) is 2.80. The zero-order chi connectivity index (χ0) is 10.8. The van der Waals surface area contributed by atoms with E-state index in [9.17, 15) is 0 Å². The van der Waals surface area contributed by atoms with Crippen LogP contribution in [0.3, 0.4) is 0 Å². The highest BCUT2D eigenvalue weighted by Crippen LogP contribution is 2.44. The number of hydrogen-bond donors (Lipinski definition) is 0. The largest absolute Gasteiger partial charge is 0.371 e. The Balaban J connectivity index is 2.10. The third kappa shape index (κ3) is 2.58. The van der Waals surface area contributed by atoms with E-state index in [4.69, 9.17) is 4.74 Å². The molecule has 1 atom stereocenters. The van der Waals surface area contributed by atoms with Gasteiger partial charge in [-0.15, -0.1) is 11.3 Å². The average molecular weight is 225 g/mol. The van der Waals surface area contributed by atoms with Crippen molar-refractivity contribution in [1.82, 2.24) is 4.98 Å². The fraction of sp³-hybridized carbons (Fsp3) is 0.750. The smallest absolute Gasteiger partial charge is 0.122 e.